The van der Waals surface area contributed by atoms with Gasteiger partial charge < -0.3 is 19.3 Å². The van der Waals surface area contributed by atoms with Gasteiger partial charge in [-0.3, -0.25) is 9.69 Å². The predicted octanol–water partition coefficient (Wildman–Crippen LogP) is 1.64. The molecule has 0 saturated carbocycles. The number of ether oxygens (including phenoxy) is 2. The van der Waals surface area contributed by atoms with Crippen LogP contribution in [-0.2, 0) is 21.8 Å². The second kappa shape index (κ2) is 11.0. The first-order valence-corrected chi connectivity index (χ1v) is 10.5. The first-order chi connectivity index (χ1) is 13.7. The fourth-order valence-electron chi connectivity index (χ4n) is 2.75. The quantitative estimate of drug-likeness (QED) is 0.637. The summed E-state index contributed by atoms with van der Waals surface area (Å²) in [6, 6.07) is 7.82. The normalized spacial score (nSPS) is 14.8. The Morgan fingerprint density at radius 2 is 2.21 bits per heavy atom. The Balaban J connectivity index is 1.33. The lowest BCUT2D eigenvalue weighted by Crippen LogP contribution is -2.38. The van der Waals surface area contributed by atoms with Gasteiger partial charge in [-0.05, 0) is 17.7 Å². The lowest BCUT2D eigenvalue weighted by atomic mass is 10.2. The molecule has 152 valence electrons. The van der Waals surface area contributed by atoms with Crippen LogP contribution in [0.15, 0.2) is 28.8 Å². The molecule has 1 aromatic heterocycles. The van der Waals surface area contributed by atoms with Gasteiger partial charge in [-0.25, -0.2) is 0 Å². The van der Waals surface area contributed by atoms with E-state index in [1.54, 1.807) is 6.92 Å². The standard InChI is InChI=1S/C19H26N4O4S/c1-15-21-18(22-27-15)13-28-14-19(24)20-12-16-3-2-4-17(11-16)26-10-7-23-5-8-25-9-6-23/h2-4,11H,5-10,12-14H2,1H3,(H,20,24). The Morgan fingerprint density at radius 3 is 3.00 bits per heavy atom. The van der Waals surface area contributed by atoms with E-state index in [-0.39, 0.29) is 5.91 Å². The number of hydrogen-bond acceptors (Lipinski definition) is 8. The van der Waals surface area contributed by atoms with E-state index in [2.05, 4.69) is 20.4 Å². The van der Waals surface area contributed by atoms with Crippen LogP contribution in [0.2, 0.25) is 0 Å². The molecule has 0 atom stereocenters. The average Bonchev–Trinajstić information content (AvgIpc) is 3.13. The number of thioether (sulfide) groups is 1. The van der Waals surface area contributed by atoms with E-state index >= 15 is 0 Å². The summed E-state index contributed by atoms with van der Waals surface area (Å²) in [5.41, 5.74) is 1.01. The van der Waals surface area contributed by atoms with Crippen molar-refractivity contribution in [1.82, 2.24) is 20.4 Å². The monoisotopic (exact) mass is 406 g/mol. The van der Waals surface area contributed by atoms with Crippen LogP contribution in [0.4, 0.5) is 0 Å². The summed E-state index contributed by atoms with van der Waals surface area (Å²) in [5.74, 6) is 2.84. The van der Waals surface area contributed by atoms with E-state index < -0.39 is 0 Å². The predicted molar refractivity (Wildman–Crippen MR) is 106 cm³/mol. The van der Waals surface area contributed by atoms with Gasteiger partial charge in [0, 0.05) is 33.1 Å². The van der Waals surface area contributed by atoms with Gasteiger partial charge in [0.1, 0.15) is 12.4 Å². The average molecular weight is 407 g/mol. The number of rotatable bonds is 10. The highest BCUT2D eigenvalue weighted by Crippen LogP contribution is 2.14. The van der Waals surface area contributed by atoms with Gasteiger partial charge in [0.15, 0.2) is 5.82 Å². The number of nitrogens with one attached hydrogen (secondary N) is 1. The lowest BCUT2D eigenvalue weighted by Gasteiger charge is -2.26. The molecule has 1 saturated heterocycles. The molecule has 1 amide bonds. The number of aryl methyl sites for hydroxylation is 1. The number of carbonyl (C=O) groups is 1. The number of benzene rings is 1. The van der Waals surface area contributed by atoms with E-state index in [0.29, 0.717) is 36.4 Å². The molecule has 28 heavy (non-hydrogen) atoms. The molecule has 1 N–H and O–H groups in total. The van der Waals surface area contributed by atoms with Gasteiger partial charge in [0.25, 0.3) is 0 Å². The van der Waals surface area contributed by atoms with Crippen molar-refractivity contribution in [2.24, 2.45) is 0 Å². The zero-order valence-corrected chi connectivity index (χ0v) is 16.9. The minimum Gasteiger partial charge on any atom is -0.492 e. The Bertz CT molecular complexity index is 749. The molecule has 0 aliphatic carbocycles. The van der Waals surface area contributed by atoms with E-state index in [0.717, 1.165) is 44.2 Å². The van der Waals surface area contributed by atoms with E-state index in [4.69, 9.17) is 14.0 Å². The smallest absolute Gasteiger partial charge is 0.230 e. The van der Waals surface area contributed by atoms with Crippen molar-refractivity contribution in [2.45, 2.75) is 19.2 Å². The van der Waals surface area contributed by atoms with Gasteiger partial charge in [-0.15, -0.1) is 11.8 Å². The van der Waals surface area contributed by atoms with Crippen molar-refractivity contribution in [3.63, 3.8) is 0 Å². The van der Waals surface area contributed by atoms with Crippen LogP contribution in [0.3, 0.4) is 0 Å². The van der Waals surface area contributed by atoms with Crippen molar-refractivity contribution in [3.05, 3.63) is 41.5 Å². The number of nitrogens with zero attached hydrogens (tertiary/aromatic N) is 3. The van der Waals surface area contributed by atoms with E-state index in [1.807, 2.05) is 24.3 Å². The molecule has 0 bridgehead atoms. The van der Waals surface area contributed by atoms with E-state index in [9.17, 15) is 4.79 Å². The zero-order chi connectivity index (χ0) is 19.6. The first-order valence-electron chi connectivity index (χ1n) is 9.34. The number of amides is 1. The van der Waals surface area contributed by atoms with Crippen LogP contribution in [0.1, 0.15) is 17.3 Å². The second-order valence-electron chi connectivity index (χ2n) is 6.45. The van der Waals surface area contributed by atoms with Gasteiger partial charge in [0.05, 0.1) is 24.7 Å². The van der Waals surface area contributed by atoms with Gasteiger partial charge in [0.2, 0.25) is 11.8 Å². The number of morpholine rings is 1. The maximum Gasteiger partial charge on any atom is 0.230 e. The van der Waals surface area contributed by atoms with Crippen LogP contribution in [0.25, 0.3) is 0 Å². The van der Waals surface area contributed by atoms with Crippen LogP contribution in [0, 0.1) is 6.92 Å². The van der Waals surface area contributed by atoms with Crippen LogP contribution in [-0.4, -0.2) is 66.2 Å². The molecule has 3 rings (SSSR count). The van der Waals surface area contributed by atoms with Gasteiger partial charge in [-0.2, -0.15) is 4.98 Å². The van der Waals surface area contributed by atoms with Gasteiger partial charge >= 0.3 is 0 Å². The molecule has 1 aliphatic heterocycles. The van der Waals surface area contributed by atoms with Crippen molar-refractivity contribution in [2.75, 3.05) is 45.2 Å². The largest absolute Gasteiger partial charge is 0.492 e. The van der Waals surface area contributed by atoms with Gasteiger partial charge in [-0.1, -0.05) is 17.3 Å². The number of aromatic nitrogens is 2. The van der Waals surface area contributed by atoms with Crippen LogP contribution in [0.5, 0.6) is 5.75 Å². The SMILES string of the molecule is Cc1nc(CSCC(=O)NCc2cccc(OCCN3CCOCC3)c2)no1. The Labute approximate surface area is 169 Å². The molecule has 0 unspecified atom stereocenters. The molecule has 2 heterocycles. The molecule has 0 spiro atoms. The fraction of sp³-hybridized carbons (Fsp3) is 0.526. The highest BCUT2D eigenvalue weighted by molar-refractivity contribution is 7.99. The molecular formula is C19H26N4O4S. The van der Waals surface area contributed by atoms with E-state index in [1.165, 1.54) is 11.8 Å². The summed E-state index contributed by atoms with van der Waals surface area (Å²) in [4.78, 5) is 18.4. The van der Waals surface area contributed by atoms with Crippen molar-refractivity contribution in [3.8, 4) is 5.75 Å². The third kappa shape index (κ3) is 7.14. The molecule has 9 heteroatoms. The van der Waals surface area contributed by atoms with Crippen molar-refractivity contribution in [1.29, 1.82) is 0 Å². The molecule has 2 aromatic rings. The molecule has 8 nitrogen and oxygen atoms in total. The lowest BCUT2D eigenvalue weighted by molar-refractivity contribution is -0.118. The summed E-state index contributed by atoms with van der Waals surface area (Å²) in [5, 5.41) is 6.73. The summed E-state index contributed by atoms with van der Waals surface area (Å²) in [6.45, 7) is 7.25. The molecule has 1 aliphatic rings. The minimum atomic E-state index is -0.0242. The zero-order valence-electron chi connectivity index (χ0n) is 16.1. The third-order valence-corrected chi connectivity index (χ3v) is 5.13. The first kappa shape index (κ1) is 20.6. The molecular weight excluding hydrogens is 380 g/mol. The van der Waals surface area contributed by atoms with Crippen LogP contribution < -0.4 is 10.1 Å². The highest BCUT2D eigenvalue weighted by Gasteiger charge is 2.10. The maximum absolute atomic E-state index is 12.0. The van der Waals surface area contributed by atoms with Crippen LogP contribution >= 0.6 is 11.8 Å². The third-order valence-electron chi connectivity index (χ3n) is 4.20. The Kier molecular flexibility index (Phi) is 8.13. The molecule has 0 radical (unpaired) electrons. The van der Waals surface area contributed by atoms with Crippen molar-refractivity contribution >= 4 is 17.7 Å². The minimum absolute atomic E-state index is 0.0242. The summed E-state index contributed by atoms with van der Waals surface area (Å²) in [7, 11) is 0. The Morgan fingerprint density at radius 1 is 1.36 bits per heavy atom. The number of hydrogen-bond donors (Lipinski definition) is 1. The fourth-order valence-corrected chi connectivity index (χ4v) is 3.44. The highest BCUT2D eigenvalue weighted by atomic mass is 32.2. The maximum atomic E-state index is 12.0. The second-order valence-corrected chi connectivity index (χ2v) is 7.43. The summed E-state index contributed by atoms with van der Waals surface area (Å²) < 4.78 is 16.1. The summed E-state index contributed by atoms with van der Waals surface area (Å²) >= 11 is 1.46. The molecule has 1 aromatic carbocycles. The molecule has 1 fully saturated rings. The Hall–Kier alpha value is -2.10. The topological polar surface area (TPSA) is 89.7 Å². The van der Waals surface area contributed by atoms with Crippen molar-refractivity contribution < 1.29 is 18.8 Å². The number of carbonyl (C=O) groups excluding carboxylic acids is 1. The summed E-state index contributed by atoms with van der Waals surface area (Å²) in [6.07, 6.45) is 0.